The highest BCUT2D eigenvalue weighted by atomic mass is 79.9. The van der Waals surface area contributed by atoms with Crippen LogP contribution in [0.2, 0.25) is 0 Å². The third-order valence-corrected chi connectivity index (χ3v) is 3.74. The van der Waals surface area contributed by atoms with Gasteiger partial charge in [-0.15, -0.1) is 11.3 Å². The Bertz CT molecular complexity index is 565. The molecule has 5 heteroatoms. The van der Waals surface area contributed by atoms with Crippen LogP contribution in [0.5, 0.6) is 5.75 Å². The summed E-state index contributed by atoms with van der Waals surface area (Å²) in [6, 6.07) is 5.60. The monoisotopic (exact) mass is 314 g/mol. The van der Waals surface area contributed by atoms with E-state index < -0.39 is 5.82 Å². The van der Waals surface area contributed by atoms with Crippen molar-refractivity contribution in [3.05, 3.63) is 50.4 Å². The second-order valence-electron chi connectivity index (χ2n) is 3.31. The molecule has 0 atom stereocenters. The van der Waals surface area contributed by atoms with Crippen LogP contribution in [-0.4, -0.2) is 12.9 Å². The quantitative estimate of drug-likeness (QED) is 0.803. The van der Waals surface area contributed by atoms with E-state index in [9.17, 15) is 9.18 Å². The minimum atomic E-state index is -0.455. The van der Waals surface area contributed by atoms with E-state index in [1.165, 1.54) is 36.6 Å². The third kappa shape index (κ3) is 2.56. The predicted octanol–water partition coefficient (Wildman–Crippen LogP) is 3.89. The maximum atomic E-state index is 13.2. The molecule has 2 rings (SSSR count). The van der Waals surface area contributed by atoms with Crippen molar-refractivity contribution >= 4 is 33.0 Å². The van der Waals surface area contributed by atoms with Gasteiger partial charge in [-0.3, -0.25) is 4.79 Å². The number of methoxy groups -OCH3 is 1. The first-order chi connectivity index (χ1) is 8.11. The lowest BCUT2D eigenvalue weighted by molar-refractivity contribution is 0.103. The highest BCUT2D eigenvalue weighted by Gasteiger charge is 2.16. The number of carbonyl (C=O) groups excluding carboxylic acids is 1. The zero-order chi connectivity index (χ0) is 12.4. The summed E-state index contributed by atoms with van der Waals surface area (Å²) in [6.07, 6.45) is 0. The van der Waals surface area contributed by atoms with E-state index in [0.29, 0.717) is 11.3 Å². The molecule has 0 aliphatic rings. The number of hydrogen-bond donors (Lipinski definition) is 0. The largest absolute Gasteiger partial charge is 0.496 e. The van der Waals surface area contributed by atoms with Crippen molar-refractivity contribution in [3.63, 3.8) is 0 Å². The Morgan fingerprint density at radius 3 is 2.76 bits per heavy atom. The van der Waals surface area contributed by atoms with Gasteiger partial charge in [0.1, 0.15) is 11.6 Å². The van der Waals surface area contributed by atoms with Crippen molar-refractivity contribution in [3.8, 4) is 5.75 Å². The molecule has 1 heterocycles. The van der Waals surface area contributed by atoms with Gasteiger partial charge in [-0.05, 0) is 40.2 Å². The van der Waals surface area contributed by atoms with Gasteiger partial charge in [0.05, 0.1) is 16.5 Å². The molecule has 0 unspecified atom stereocenters. The van der Waals surface area contributed by atoms with Gasteiger partial charge in [0.15, 0.2) is 5.78 Å². The van der Waals surface area contributed by atoms with Crippen molar-refractivity contribution in [1.29, 1.82) is 0 Å². The minimum Gasteiger partial charge on any atom is -0.496 e. The van der Waals surface area contributed by atoms with Gasteiger partial charge in [-0.1, -0.05) is 0 Å². The molecule has 17 heavy (non-hydrogen) atoms. The highest BCUT2D eigenvalue weighted by Crippen LogP contribution is 2.27. The molecule has 0 N–H and O–H groups in total. The molecule has 0 saturated heterocycles. The van der Waals surface area contributed by atoms with Crippen LogP contribution in [0, 0.1) is 5.82 Å². The summed E-state index contributed by atoms with van der Waals surface area (Å²) in [4.78, 5) is 12.1. The Morgan fingerprint density at radius 2 is 2.18 bits per heavy atom. The fourth-order valence-corrected chi connectivity index (χ4v) is 2.58. The van der Waals surface area contributed by atoms with Crippen molar-refractivity contribution in [2.45, 2.75) is 0 Å². The summed E-state index contributed by atoms with van der Waals surface area (Å²) in [5, 5.41) is 1.72. The average Bonchev–Trinajstić information content (AvgIpc) is 2.75. The number of halogens is 2. The molecule has 0 bridgehead atoms. The number of ketones is 1. The van der Waals surface area contributed by atoms with Crippen LogP contribution in [0.25, 0.3) is 0 Å². The number of benzene rings is 1. The van der Waals surface area contributed by atoms with Crippen molar-refractivity contribution in [2.24, 2.45) is 0 Å². The van der Waals surface area contributed by atoms with Crippen LogP contribution in [0.1, 0.15) is 15.9 Å². The normalized spacial score (nSPS) is 10.3. The molecule has 0 aliphatic heterocycles. The maximum absolute atomic E-state index is 13.2. The molecule has 1 aromatic carbocycles. The molecule has 2 nitrogen and oxygen atoms in total. The summed E-state index contributed by atoms with van der Waals surface area (Å²) in [7, 11) is 1.45. The number of thiophene rings is 1. The third-order valence-electron chi connectivity index (χ3n) is 2.24. The van der Waals surface area contributed by atoms with Crippen LogP contribution >= 0.6 is 27.3 Å². The molecule has 88 valence electrons. The Morgan fingerprint density at radius 1 is 1.41 bits per heavy atom. The van der Waals surface area contributed by atoms with Gasteiger partial charge in [-0.25, -0.2) is 4.39 Å². The Kier molecular flexibility index (Phi) is 3.59. The molecular formula is C12H8BrFO2S. The van der Waals surface area contributed by atoms with Crippen LogP contribution < -0.4 is 4.74 Å². The van der Waals surface area contributed by atoms with Gasteiger partial charge < -0.3 is 4.74 Å². The van der Waals surface area contributed by atoms with Crippen LogP contribution in [0.15, 0.2) is 33.4 Å². The standard InChI is InChI=1S/C12H8BrFO2S/c1-16-10-3-2-8(14)5-9(10)12(15)7-4-11(13)17-6-7/h2-6H,1H3. The van der Waals surface area contributed by atoms with Crippen molar-refractivity contribution in [1.82, 2.24) is 0 Å². The van der Waals surface area contributed by atoms with Gasteiger partial charge in [0.25, 0.3) is 0 Å². The lowest BCUT2D eigenvalue weighted by Crippen LogP contribution is -2.03. The summed E-state index contributed by atoms with van der Waals surface area (Å²) < 4.78 is 19.1. The van der Waals surface area contributed by atoms with Crippen molar-refractivity contribution in [2.75, 3.05) is 7.11 Å². The van der Waals surface area contributed by atoms with Gasteiger partial charge in [0, 0.05) is 10.9 Å². The average molecular weight is 315 g/mol. The first kappa shape index (κ1) is 12.3. The van der Waals surface area contributed by atoms with Gasteiger partial charge in [-0.2, -0.15) is 0 Å². The van der Waals surface area contributed by atoms with Gasteiger partial charge >= 0.3 is 0 Å². The van der Waals surface area contributed by atoms with Crippen molar-refractivity contribution < 1.29 is 13.9 Å². The van der Waals surface area contributed by atoms with Crippen LogP contribution in [-0.2, 0) is 0 Å². The fraction of sp³-hybridized carbons (Fsp3) is 0.0833. The van der Waals surface area contributed by atoms with E-state index in [0.717, 1.165) is 3.79 Å². The van der Waals surface area contributed by atoms with Gasteiger partial charge in [0.2, 0.25) is 0 Å². The molecule has 0 aliphatic carbocycles. The van der Waals surface area contributed by atoms with E-state index in [2.05, 4.69) is 15.9 Å². The SMILES string of the molecule is COc1ccc(F)cc1C(=O)c1csc(Br)c1. The first-order valence-corrected chi connectivity index (χ1v) is 6.41. The second-order valence-corrected chi connectivity index (χ2v) is 5.60. The Labute approximate surface area is 110 Å². The van der Waals surface area contributed by atoms with Crippen LogP contribution in [0.4, 0.5) is 4.39 Å². The molecule has 0 amide bonds. The van der Waals surface area contributed by atoms with Crippen LogP contribution in [0.3, 0.4) is 0 Å². The maximum Gasteiger partial charge on any atom is 0.197 e. The number of ether oxygens (including phenoxy) is 1. The van der Waals surface area contributed by atoms with E-state index in [1.54, 1.807) is 11.4 Å². The van der Waals surface area contributed by atoms with E-state index in [-0.39, 0.29) is 11.3 Å². The molecule has 0 fully saturated rings. The first-order valence-electron chi connectivity index (χ1n) is 4.74. The summed E-state index contributed by atoms with van der Waals surface area (Å²) in [6.45, 7) is 0. The van der Waals surface area contributed by atoms with E-state index >= 15 is 0 Å². The summed E-state index contributed by atoms with van der Waals surface area (Å²) in [5.41, 5.74) is 0.753. The van der Waals surface area contributed by atoms with E-state index in [4.69, 9.17) is 4.74 Å². The Balaban J connectivity index is 2.46. The number of carbonyl (C=O) groups is 1. The number of rotatable bonds is 3. The zero-order valence-corrected chi connectivity index (χ0v) is 11.3. The summed E-state index contributed by atoms with van der Waals surface area (Å²) in [5.74, 6) is -0.328. The molecule has 1 aromatic heterocycles. The lowest BCUT2D eigenvalue weighted by atomic mass is 10.1. The van der Waals surface area contributed by atoms with E-state index in [1.807, 2.05) is 0 Å². The second kappa shape index (κ2) is 4.98. The molecule has 0 saturated carbocycles. The summed E-state index contributed by atoms with van der Waals surface area (Å²) >= 11 is 4.69. The lowest BCUT2D eigenvalue weighted by Gasteiger charge is -2.06. The smallest absolute Gasteiger partial charge is 0.197 e. The zero-order valence-electron chi connectivity index (χ0n) is 8.87. The number of hydrogen-bond acceptors (Lipinski definition) is 3. The fourth-order valence-electron chi connectivity index (χ4n) is 1.44. The molecular weight excluding hydrogens is 307 g/mol. The molecule has 0 spiro atoms. The predicted molar refractivity (Wildman–Crippen MR) is 68.4 cm³/mol. The molecule has 2 aromatic rings. The Hall–Kier alpha value is -1.20. The minimum absolute atomic E-state index is 0.234. The molecule has 0 radical (unpaired) electrons. The topological polar surface area (TPSA) is 26.3 Å². The highest BCUT2D eigenvalue weighted by molar-refractivity contribution is 9.11.